The smallest absolute Gasteiger partial charge is 0.0610 e. The first-order valence-electron chi connectivity index (χ1n) is 6.53. The Morgan fingerprint density at radius 1 is 1.28 bits per heavy atom. The van der Waals surface area contributed by atoms with Gasteiger partial charge in [-0.1, -0.05) is 31.5 Å². The third kappa shape index (κ3) is 5.42. The summed E-state index contributed by atoms with van der Waals surface area (Å²) in [4.78, 5) is 1.30. The molecule has 0 bridgehead atoms. The molecule has 0 aliphatic carbocycles. The zero-order chi connectivity index (χ0) is 13.6. The van der Waals surface area contributed by atoms with E-state index in [9.17, 15) is 5.11 Å². The zero-order valence-corrected chi connectivity index (χ0v) is 12.7. The Balaban J connectivity index is 2.41. The Hall–Kier alpha value is -0.510. The highest BCUT2D eigenvalue weighted by atomic mass is 32.2. The first-order valence-corrected chi connectivity index (χ1v) is 7.52. The summed E-state index contributed by atoms with van der Waals surface area (Å²) in [7, 11) is 0. The van der Waals surface area contributed by atoms with Crippen LogP contribution in [0.3, 0.4) is 0 Å². The van der Waals surface area contributed by atoms with Crippen molar-refractivity contribution in [2.75, 3.05) is 12.4 Å². The highest BCUT2D eigenvalue weighted by Gasteiger charge is 2.23. The van der Waals surface area contributed by atoms with Gasteiger partial charge in [0.15, 0.2) is 0 Å². The van der Waals surface area contributed by atoms with Crippen LogP contribution >= 0.6 is 11.8 Å². The topological polar surface area (TPSA) is 32.3 Å². The molecule has 1 unspecified atom stereocenters. The molecule has 1 aromatic carbocycles. The van der Waals surface area contributed by atoms with Crippen molar-refractivity contribution < 1.29 is 5.11 Å². The van der Waals surface area contributed by atoms with E-state index in [4.69, 9.17) is 0 Å². The van der Waals surface area contributed by atoms with Crippen LogP contribution in [-0.4, -0.2) is 29.0 Å². The molecule has 3 heteroatoms. The van der Waals surface area contributed by atoms with Crippen molar-refractivity contribution >= 4 is 11.8 Å². The summed E-state index contributed by atoms with van der Waals surface area (Å²) < 4.78 is 0. The number of rotatable bonds is 7. The zero-order valence-electron chi connectivity index (χ0n) is 11.9. The summed E-state index contributed by atoms with van der Waals surface area (Å²) in [5.74, 6) is 1.01. The number of aryl methyl sites for hydroxylation is 1. The maximum Gasteiger partial charge on any atom is 0.0610 e. The predicted octanol–water partition coefficient (Wildman–Crippen LogP) is 3.23. The molecule has 0 aromatic heterocycles. The fourth-order valence-corrected chi connectivity index (χ4v) is 3.04. The number of aliphatic hydroxyl groups is 1. The van der Waals surface area contributed by atoms with Gasteiger partial charge in [-0.15, -0.1) is 11.8 Å². The molecule has 102 valence electrons. The van der Waals surface area contributed by atoms with E-state index in [1.165, 1.54) is 10.5 Å². The molecule has 0 heterocycles. The van der Waals surface area contributed by atoms with E-state index < -0.39 is 0 Å². The lowest BCUT2D eigenvalue weighted by atomic mass is 9.99. The average Bonchev–Trinajstić information content (AvgIpc) is 2.31. The van der Waals surface area contributed by atoms with Crippen LogP contribution in [0.1, 0.15) is 32.8 Å². The largest absolute Gasteiger partial charge is 0.394 e. The van der Waals surface area contributed by atoms with Crippen LogP contribution in [0.5, 0.6) is 0 Å². The lowest BCUT2D eigenvalue weighted by Gasteiger charge is -2.31. The van der Waals surface area contributed by atoms with Gasteiger partial charge in [-0.2, -0.15) is 0 Å². The predicted molar refractivity (Wildman–Crippen MR) is 80.3 cm³/mol. The fourth-order valence-electron chi connectivity index (χ4n) is 1.92. The van der Waals surface area contributed by atoms with Gasteiger partial charge >= 0.3 is 0 Å². The molecule has 1 rings (SSSR count). The van der Waals surface area contributed by atoms with E-state index in [1.54, 1.807) is 0 Å². The third-order valence-electron chi connectivity index (χ3n) is 2.93. The maximum absolute atomic E-state index is 9.50. The molecule has 0 aliphatic rings. The molecule has 0 saturated carbocycles. The number of benzene rings is 1. The molecule has 0 amide bonds. The van der Waals surface area contributed by atoms with E-state index in [-0.39, 0.29) is 12.1 Å². The molecule has 0 fully saturated rings. The van der Waals surface area contributed by atoms with Crippen LogP contribution in [0, 0.1) is 6.92 Å². The van der Waals surface area contributed by atoms with Crippen molar-refractivity contribution in [2.45, 2.75) is 50.6 Å². The summed E-state index contributed by atoms with van der Waals surface area (Å²) in [5.41, 5.74) is 1.12. The number of nitrogens with one attached hydrogen (secondary N) is 1. The van der Waals surface area contributed by atoms with Crippen molar-refractivity contribution in [3.8, 4) is 0 Å². The molecule has 0 radical (unpaired) electrons. The van der Waals surface area contributed by atoms with Gasteiger partial charge in [0.1, 0.15) is 0 Å². The molecule has 1 atom stereocenters. The maximum atomic E-state index is 9.50. The van der Waals surface area contributed by atoms with Gasteiger partial charge < -0.3 is 10.4 Å². The van der Waals surface area contributed by atoms with Crippen LogP contribution in [0.25, 0.3) is 0 Å². The van der Waals surface area contributed by atoms with Gasteiger partial charge in [0.2, 0.25) is 0 Å². The van der Waals surface area contributed by atoms with Gasteiger partial charge in [0.25, 0.3) is 0 Å². The molecular formula is C15H25NOS. The lowest BCUT2D eigenvalue weighted by Crippen LogP contribution is -2.49. The second-order valence-corrected chi connectivity index (χ2v) is 6.60. The van der Waals surface area contributed by atoms with Gasteiger partial charge in [-0.3, -0.25) is 0 Å². The summed E-state index contributed by atoms with van der Waals surface area (Å²) in [6.07, 6.45) is 0.959. The summed E-state index contributed by atoms with van der Waals surface area (Å²) >= 11 is 1.85. The number of thioether (sulfide) groups is 1. The Bertz CT molecular complexity index is 350. The molecule has 1 aromatic rings. The van der Waals surface area contributed by atoms with Crippen molar-refractivity contribution in [1.82, 2.24) is 5.32 Å². The Morgan fingerprint density at radius 3 is 2.39 bits per heavy atom. The normalized spacial score (nSPS) is 14.8. The summed E-state index contributed by atoms with van der Waals surface area (Å²) in [6.45, 7) is 8.59. The van der Waals surface area contributed by atoms with Crippen LogP contribution in [0.15, 0.2) is 29.2 Å². The Kier molecular flexibility index (Phi) is 6.19. The monoisotopic (exact) mass is 267 g/mol. The molecule has 0 aliphatic heterocycles. The van der Waals surface area contributed by atoms with Gasteiger partial charge in [-0.05, 0) is 38.2 Å². The molecule has 2 N–H and O–H groups in total. The summed E-state index contributed by atoms with van der Waals surface area (Å²) in [5, 5.41) is 12.9. The lowest BCUT2D eigenvalue weighted by molar-refractivity contribution is 0.162. The second kappa shape index (κ2) is 7.17. The standard InChI is InChI=1S/C15H25NOS/c1-12(2)16-15(4,11-17)9-10-18-14-7-5-13(3)6-8-14/h5-8,12,16-17H,9-11H2,1-4H3. The van der Waals surface area contributed by atoms with Crippen molar-refractivity contribution in [3.05, 3.63) is 29.8 Å². The van der Waals surface area contributed by atoms with E-state index in [1.807, 2.05) is 11.8 Å². The van der Waals surface area contributed by atoms with Crippen LogP contribution < -0.4 is 5.32 Å². The molecular weight excluding hydrogens is 242 g/mol. The SMILES string of the molecule is Cc1ccc(SCCC(C)(CO)NC(C)C)cc1. The first-order chi connectivity index (χ1) is 8.45. The highest BCUT2D eigenvalue weighted by Crippen LogP contribution is 2.22. The van der Waals surface area contributed by atoms with Crippen LogP contribution in [0.2, 0.25) is 0 Å². The highest BCUT2D eigenvalue weighted by molar-refractivity contribution is 7.99. The Labute approximate surface area is 115 Å². The van der Waals surface area contributed by atoms with E-state index >= 15 is 0 Å². The third-order valence-corrected chi connectivity index (χ3v) is 3.94. The van der Waals surface area contributed by atoms with Crippen molar-refractivity contribution in [2.24, 2.45) is 0 Å². The molecule has 0 saturated heterocycles. The molecule has 18 heavy (non-hydrogen) atoms. The minimum absolute atomic E-state index is 0.175. The Morgan fingerprint density at radius 2 is 1.89 bits per heavy atom. The van der Waals surface area contributed by atoms with Crippen molar-refractivity contribution in [3.63, 3.8) is 0 Å². The van der Waals surface area contributed by atoms with E-state index in [2.05, 4.69) is 57.3 Å². The minimum atomic E-state index is -0.175. The number of hydrogen-bond acceptors (Lipinski definition) is 3. The molecule has 0 spiro atoms. The van der Waals surface area contributed by atoms with Crippen LogP contribution in [-0.2, 0) is 0 Å². The summed E-state index contributed by atoms with van der Waals surface area (Å²) in [6, 6.07) is 8.99. The average molecular weight is 267 g/mol. The van der Waals surface area contributed by atoms with Gasteiger partial charge in [0, 0.05) is 16.5 Å². The fraction of sp³-hybridized carbons (Fsp3) is 0.600. The number of hydrogen-bond donors (Lipinski definition) is 2. The minimum Gasteiger partial charge on any atom is -0.394 e. The van der Waals surface area contributed by atoms with E-state index in [0.29, 0.717) is 6.04 Å². The van der Waals surface area contributed by atoms with E-state index in [0.717, 1.165) is 12.2 Å². The van der Waals surface area contributed by atoms with Gasteiger partial charge in [0.05, 0.1) is 6.61 Å². The molecule has 2 nitrogen and oxygen atoms in total. The van der Waals surface area contributed by atoms with Crippen LogP contribution in [0.4, 0.5) is 0 Å². The first kappa shape index (κ1) is 15.5. The van der Waals surface area contributed by atoms with Gasteiger partial charge in [-0.25, -0.2) is 0 Å². The van der Waals surface area contributed by atoms with Crippen molar-refractivity contribution in [1.29, 1.82) is 0 Å². The second-order valence-electron chi connectivity index (χ2n) is 5.43. The quantitative estimate of drug-likeness (QED) is 0.744. The number of aliphatic hydroxyl groups excluding tert-OH is 1.